The van der Waals surface area contributed by atoms with E-state index >= 15 is 0 Å². The Morgan fingerprint density at radius 1 is 1.16 bits per heavy atom. The summed E-state index contributed by atoms with van der Waals surface area (Å²) in [4.78, 5) is 0. The fourth-order valence-corrected chi connectivity index (χ4v) is 2.08. The van der Waals surface area contributed by atoms with Crippen LogP contribution in [0, 0.1) is 0 Å². The van der Waals surface area contributed by atoms with Gasteiger partial charge in [0.1, 0.15) is 0 Å². The van der Waals surface area contributed by atoms with Crippen molar-refractivity contribution in [2.75, 3.05) is 20.3 Å². The molecule has 19 heavy (non-hydrogen) atoms. The van der Waals surface area contributed by atoms with Gasteiger partial charge >= 0.3 is 0 Å². The predicted molar refractivity (Wildman–Crippen MR) is 80.4 cm³/mol. The first-order chi connectivity index (χ1) is 9.22. The summed E-state index contributed by atoms with van der Waals surface area (Å²) in [5, 5.41) is 4.11. The molecule has 1 aromatic carbocycles. The third-order valence-corrected chi connectivity index (χ3v) is 3.26. The molecular weight excluding hydrogens is 262 g/mol. The molecule has 3 nitrogen and oxygen atoms in total. The highest BCUT2D eigenvalue weighted by Gasteiger charge is 2.09. The van der Waals surface area contributed by atoms with Crippen LogP contribution in [0.1, 0.15) is 38.7 Å². The van der Waals surface area contributed by atoms with Crippen LogP contribution in [0.15, 0.2) is 12.1 Å². The number of rotatable bonds is 9. The topological polar surface area (TPSA) is 30.5 Å². The van der Waals surface area contributed by atoms with E-state index in [1.165, 1.54) is 19.3 Å². The summed E-state index contributed by atoms with van der Waals surface area (Å²) in [6.07, 6.45) is 3.69. The summed E-state index contributed by atoms with van der Waals surface area (Å²) in [5.41, 5.74) is 1.04. The molecule has 0 bridgehead atoms. The first-order valence-electron chi connectivity index (χ1n) is 6.92. The lowest BCUT2D eigenvalue weighted by atomic mass is 10.2. The first kappa shape index (κ1) is 16.1. The third kappa shape index (κ3) is 5.29. The number of halogens is 1. The molecule has 0 saturated carbocycles. The van der Waals surface area contributed by atoms with Crippen LogP contribution in [-0.2, 0) is 6.54 Å². The van der Waals surface area contributed by atoms with E-state index in [1.54, 1.807) is 7.11 Å². The standard InChI is InChI=1S/C15H24ClNO2/c1-4-6-7-8-17-11-12-9-14(18-3)15(19-5-2)10-13(12)16/h9-10,17H,4-8,11H2,1-3H3. The van der Waals surface area contributed by atoms with Crippen molar-refractivity contribution in [3.8, 4) is 11.5 Å². The van der Waals surface area contributed by atoms with Crippen LogP contribution >= 0.6 is 11.6 Å². The van der Waals surface area contributed by atoms with Gasteiger partial charge in [-0.2, -0.15) is 0 Å². The monoisotopic (exact) mass is 285 g/mol. The van der Waals surface area contributed by atoms with Gasteiger partial charge in [0, 0.05) is 17.6 Å². The molecule has 0 aromatic heterocycles. The molecule has 1 aromatic rings. The van der Waals surface area contributed by atoms with Gasteiger partial charge in [0.25, 0.3) is 0 Å². The van der Waals surface area contributed by atoms with E-state index in [9.17, 15) is 0 Å². The zero-order chi connectivity index (χ0) is 14.1. The van der Waals surface area contributed by atoms with Crippen LogP contribution in [0.25, 0.3) is 0 Å². The fraction of sp³-hybridized carbons (Fsp3) is 0.600. The number of unbranched alkanes of at least 4 members (excludes halogenated alkanes) is 2. The Kier molecular flexibility index (Phi) is 7.68. The second kappa shape index (κ2) is 9.05. The van der Waals surface area contributed by atoms with Gasteiger partial charge in [0.15, 0.2) is 11.5 Å². The van der Waals surface area contributed by atoms with Gasteiger partial charge in [-0.1, -0.05) is 31.4 Å². The van der Waals surface area contributed by atoms with Crippen molar-refractivity contribution in [2.24, 2.45) is 0 Å². The lowest BCUT2D eigenvalue weighted by Crippen LogP contribution is -2.15. The number of methoxy groups -OCH3 is 1. The smallest absolute Gasteiger partial charge is 0.162 e. The third-order valence-electron chi connectivity index (χ3n) is 2.91. The highest BCUT2D eigenvalue weighted by molar-refractivity contribution is 6.31. The Balaban J connectivity index is 2.62. The minimum absolute atomic E-state index is 0.599. The molecule has 0 aliphatic carbocycles. The molecule has 0 radical (unpaired) electrons. The van der Waals surface area contributed by atoms with E-state index in [1.807, 2.05) is 19.1 Å². The molecule has 108 valence electrons. The van der Waals surface area contributed by atoms with Gasteiger partial charge < -0.3 is 14.8 Å². The molecule has 0 amide bonds. The van der Waals surface area contributed by atoms with E-state index < -0.39 is 0 Å². The lowest BCUT2D eigenvalue weighted by Gasteiger charge is -2.13. The fourth-order valence-electron chi connectivity index (χ4n) is 1.86. The number of hydrogen-bond acceptors (Lipinski definition) is 3. The van der Waals surface area contributed by atoms with Crippen LogP contribution in [0.2, 0.25) is 5.02 Å². The Bertz CT molecular complexity index is 383. The SMILES string of the molecule is CCCCCNCc1cc(OC)c(OCC)cc1Cl. The van der Waals surface area contributed by atoms with Gasteiger partial charge in [0.05, 0.1) is 13.7 Å². The summed E-state index contributed by atoms with van der Waals surface area (Å²) < 4.78 is 10.8. The molecule has 0 aliphatic heterocycles. The molecule has 0 fully saturated rings. The molecule has 0 spiro atoms. The second-order valence-corrected chi connectivity index (χ2v) is 4.82. The average Bonchev–Trinajstić information content (AvgIpc) is 2.41. The molecule has 4 heteroatoms. The van der Waals surface area contributed by atoms with Crippen molar-refractivity contribution in [3.05, 3.63) is 22.7 Å². The minimum atomic E-state index is 0.599. The van der Waals surface area contributed by atoms with Gasteiger partial charge in [-0.15, -0.1) is 0 Å². The minimum Gasteiger partial charge on any atom is -0.493 e. The number of hydrogen-bond donors (Lipinski definition) is 1. The van der Waals surface area contributed by atoms with Crippen LogP contribution in [0.4, 0.5) is 0 Å². The number of benzene rings is 1. The molecular formula is C15H24ClNO2. The van der Waals surface area contributed by atoms with Gasteiger partial charge in [-0.25, -0.2) is 0 Å². The summed E-state index contributed by atoms with van der Waals surface area (Å²) in [6, 6.07) is 3.77. The quantitative estimate of drug-likeness (QED) is 0.695. The molecule has 0 saturated heterocycles. The van der Waals surface area contributed by atoms with Crippen LogP contribution < -0.4 is 14.8 Å². The first-order valence-corrected chi connectivity index (χ1v) is 7.30. The van der Waals surface area contributed by atoms with Crippen molar-refractivity contribution in [3.63, 3.8) is 0 Å². The van der Waals surface area contributed by atoms with E-state index in [2.05, 4.69) is 12.2 Å². The molecule has 0 aliphatic rings. The Hall–Kier alpha value is -0.930. The van der Waals surface area contributed by atoms with Gasteiger partial charge in [-0.05, 0) is 31.5 Å². The Morgan fingerprint density at radius 2 is 1.95 bits per heavy atom. The van der Waals surface area contributed by atoms with Crippen LogP contribution in [0.5, 0.6) is 11.5 Å². The molecule has 0 atom stereocenters. The average molecular weight is 286 g/mol. The second-order valence-electron chi connectivity index (χ2n) is 4.41. The zero-order valence-electron chi connectivity index (χ0n) is 12.1. The zero-order valence-corrected chi connectivity index (χ0v) is 12.8. The van der Waals surface area contributed by atoms with Crippen molar-refractivity contribution < 1.29 is 9.47 Å². The number of ether oxygens (including phenoxy) is 2. The van der Waals surface area contributed by atoms with Crippen LogP contribution in [-0.4, -0.2) is 20.3 Å². The molecule has 0 unspecified atom stereocenters. The maximum absolute atomic E-state index is 6.26. The normalized spacial score (nSPS) is 10.5. The van der Waals surface area contributed by atoms with Crippen LogP contribution in [0.3, 0.4) is 0 Å². The maximum Gasteiger partial charge on any atom is 0.162 e. The largest absolute Gasteiger partial charge is 0.493 e. The van der Waals surface area contributed by atoms with Crippen molar-refractivity contribution in [2.45, 2.75) is 39.7 Å². The molecule has 1 N–H and O–H groups in total. The summed E-state index contributed by atoms with van der Waals surface area (Å²) in [6.45, 7) is 6.51. The van der Waals surface area contributed by atoms with E-state index in [4.69, 9.17) is 21.1 Å². The van der Waals surface area contributed by atoms with Gasteiger partial charge in [-0.3, -0.25) is 0 Å². The molecule has 1 rings (SSSR count). The van der Waals surface area contributed by atoms with E-state index in [-0.39, 0.29) is 0 Å². The van der Waals surface area contributed by atoms with Crippen molar-refractivity contribution in [1.82, 2.24) is 5.32 Å². The maximum atomic E-state index is 6.26. The van der Waals surface area contributed by atoms with Crippen molar-refractivity contribution in [1.29, 1.82) is 0 Å². The highest BCUT2D eigenvalue weighted by Crippen LogP contribution is 2.33. The van der Waals surface area contributed by atoms with Crippen molar-refractivity contribution >= 4 is 11.6 Å². The van der Waals surface area contributed by atoms with Gasteiger partial charge in [0.2, 0.25) is 0 Å². The summed E-state index contributed by atoms with van der Waals surface area (Å²) in [7, 11) is 1.64. The lowest BCUT2D eigenvalue weighted by molar-refractivity contribution is 0.310. The summed E-state index contributed by atoms with van der Waals surface area (Å²) in [5.74, 6) is 1.43. The van der Waals surface area contributed by atoms with E-state index in [0.29, 0.717) is 17.4 Å². The Labute approximate surface area is 121 Å². The van der Waals surface area contributed by atoms with E-state index in [0.717, 1.165) is 24.4 Å². The summed E-state index contributed by atoms with van der Waals surface area (Å²) >= 11 is 6.26. The molecule has 0 heterocycles. The highest BCUT2D eigenvalue weighted by atomic mass is 35.5. The predicted octanol–water partition coefficient (Wildman–Crippen LogP) is 4.03. The Morgan fingerprint density at radius 3 is 2.58 bits per heavy atom. The number of nitrogens with one attached hydrogen (secondary N) is 1.